The molecule has 0 spiro atoms. The predicted molar refractivity (Wildman–Crippen MR) is 79.8 cm³/mol. The monoisotopic (exact) mass is 335 g/mol. The lowest BCUT2D eigenvalue weighted by Gasteiger charge is -2.16. The Morgan fingerprint density at radius 3 is 2.54 bits per heavy atom. The highest BCUT2D eigenvalue weighted by Crippen LogP contribution is 2.37. The van der Waals surface area contributed by atoms with E-state index in [9.17, 15) is 23.5 Å². The van der Waals surface area contributed by atoms with E-state index >= 15 is 0 Å². The number of halogens is 2. The standard InChI is InChI=1S/C16H15F2N3O3/c1-2-3-7-16(20-21-16)8-6-13(22)19-14(15(23)24)10-4-5-11(17)12(18)9-10/h1,4-5,9,14H,3,6-8H2,(H,19,22)(H,23,24). The number of aliphatic carboxylic acids is 1. The van der Waals surface area contributed by atoms with Crippen molar-refractivity contribution in [2.75, 3.05) is 0 Å². The molecule has 0 radical (unpaired) electrons. The lowest BCUT2D eigenvalue weighted by molar-refractivity contribution is -0.142. The van der Waals surface area contributed by atoms with Crippen LogP contribution < -0.4 is 5.32 Å². The number of carboxylic acids is 1. The largest absolute Gasteiger partial charge is 0.479 e. The molecule has 1 unspecified atom stereocenters. The zero-order valence-corrected chi connectivity index (χ0v) is 12.6. The van der Waals surface area contributed by atoms with E-state index in [4.69, 9.17) is 6.42 Å². The van der Waals surface area contributed by atoms with Crippen molar-refractivity contribution >= 4 is 11.9 Å². The van der Waals surface area contributed by atoms with Crippen molar-refractivity contribution in [2.45, 2.75) is 37.4 Å². The van der Waals surface area contributed by atoms with Gasteiger partial charge in [-0.25, -0.2) is 13.6 Å². The normalized spacial score (nSPS) is 15.4. The summed E-state index contributed by atoms with van der Waals surface area (Å²) in [6.45, 7) is 0. The van der Waals surface area contributed by atoms with Gasteiger partial charge in [0.2, 0.25) is 5.91 Å². The first-order chi connectivity index (χ1) is 11.4. The maximum atomic E-state index is 13.2. The van der Waals surface area contributed by atoms with Crippen LogP contribution in [0.3, 0.4) is 0 Å². The molecule has 1 heterocycles. The molecule has 1 aromatic rings. The molecule has 0 aliphatic carbocycles. The van der Waals surface area contributed by atoms with Gasteiger partial charge in [-0.2, -0.15) is 10.2 Å². The van der Waals surface area contributed by atoms with Crippen LogP contribution in [0.2, 0.25) is 0 Å². The fourth-order valence-corrected chi connectivity index (χ4v) is 2.19. The van der Waals surface area contributed by atoms with Crippen molar-refractivity contribution in [3.63, 3.8) is 0 Å². The van der Waals surface area contributed by atoms with E-state index in [0.29, 0.717) is 19.3 Å². The molecule has 6 nitrogen and oxygen atoms in total. The lowest BCUT2D eigenvalue weighted by Crippen LogP contribution is -2.34. The molecule has 2 N–H and O–H groups in total. The van der Waals surface area contributed by atoms with Crippen LogP contribution in [0.1, 0.15) is 37.3 Å². The van der Waals surface area contributed by atoms with Gasteiger partial charge in [0.1, 0.15) is 0 Å². The molecule has 126 valence electrons. The van der Waals surface area contributed by atoms with Gasteiger partial charge in [-0.15, -0.1) is 12.3 Å². The number of hydrogen-bond acceptors (Lipinski definition) is 4. The summed E-state index contributed by atoms with van der Waals surface area (Å²) in [4.78, 5) is 23.3. The summed E-state index contributed by atoms with van der Waals surface area (Å²) in [6, 6.07) is 1.19. The highest BCUT2D eigenvalue weighted by atomic mass is 19.2. The van der Waals surface area contributed by atoms with Crippen LogP contribution in [0.5, 0.6) is 0 Å². The topological polar surface area (TPSA) is 91.1 Å². The molecule has 0 fully saturated rings. The smallest absolute Gasteiger partial charge is 0.330 e. The minimum absolute atomic E-state index is 0.00890. The van der Waals surface area contributed by atoms with Crippen LogP contribution in [-0.4, -0.2) is 22.6 Å². The van der Waals surface area contributed by atoms with Crippen LogP contribution in [0.25, 0.3) is 0 Å². The van der Waals surface area contributed by atoms with Crippen LogP contribution in [-0.2, 0) is 9.59 Å². The second kappa shape index (κ2) is 7.17. The molecule has 0 aromatic heterocycles. The van der Waals surface area contributed by atoms with E-state index in [0.717, 1.165) is 18.2 Å². The molecule has 2 rings (SSSR count). The maximum absolute atomic E-state index is 13.2. The Morgan fingerprint density at radius 1 is 1.29 bits per heavy atom. The van der Waals surface area contributed by atoms with E-state index in [2.05, 4.69) is 21.5 Å². The minimum Gasteiger partial charge on any atom is -0.479 e. The van der Waals surface area contributed by atoms with Gasteiger partial charge in [-0.3, -0.25) is 4.79 Å². The number of amides is 1. The zero-order valence-electron chi connectivity index (χ0n) is 12.6. The first kappa shape index (κ1) is 17.5. The van der Waals surface area contributed by atoms with E-state index in [1.54, 1.807) is 0 Å². The Morgan fingerprint density at radius 2 is 2.00 bits per heavy atom. The molecule has 1 aromatic carbocycles. The van der Waals surface area contributed by atoms with Crippen LogP contribution in [0.4, 0.5) is 8.78 Å². The molecule has 8 heteroatoms. The number of nitrogens with zero attached hydrogens (tertiary/aromatic N) is 2. The molecule has 1 atom stereocenters. The molecule has 1 aliphatic rings. The van der Waals surface area contributed by atoms with Crippen molar-refractivity contribution in [2.24, 2.45) is 10.2 Å². The van der Waals surface area contributed by atoms with E-state index in [-0.39, 0.29) is 12.0 Å². The highest BCUT2D eigenvalue weighted by Gasteiger charge is 2.39. The van der Waals surface area contributed by atoms with Gasteiger partial charge >= 0.3 is 5.97 Å². The SMILES string of the molecule is C#CCCC1(CCC(=O)NC(C(=O)O)c2ccc(F)c(F)c2)N=N1. The number of nitrogens with one attached hydrogen (secondary N) is 1. The van der Waals surface area contributed by atoms with Crippen LogP contribution in [0, 0.1) is 24.0 Å². The number of carboxylic acid groups (broad SMARTS) is 1. The van der Waals surface area contributed by atoms with Gasteiger partial charge in [0, 0.05) is 25.7 Å². The fourth-order valence-electron chi connectivity index (χ4n) is 2.19. The summed E-state index contributed by atoms with van der Waals surface area (Å²) < 4.78 is 26.2. The molecule has 0 bridgehead atoms. The second-order valence-corrected chi connectivity index (χ2v) is 5.40. The summed E-state index contributed by atoms with van der Waals surface area (Å²) in [5.41, 5.74) is -0.706. The Bertz CT molecular complexity index is 722. The van der Waals surface area contributed by atoms with Crippen LogP contribution in [0.15, 0.2) is 28.4 Å². The molecule has 0 saturated carbocycles. The summed E-state index contributed by atoms with van der Waals surface area (Å²) in [6.07, 6.45) is 6.48. The third kappa shape index (κ3) is 4.35. The van der Waals surface area contributed by atoms with Gasteiger partial charge in [0.05, 0.1) is 0 Å². The Labute approximate surface area is 137 Å². The second-order valence-electron chi connectivity index (χ2n) is 5.40. The number of benzene rings is 1. The highest BCUT2D eigenvalue weighted by molar-refractivity contribution is 5.84. The minimum atomic E-state index is -1.47. The third-order valence-electron chi connectivity index (χ3n) is 3.63. The number of terminal acetylenes is 1. The van der Waals surface area contributed by atoms with E-state index < -0.39 is 35.2 Å². The first-order valence-corrected chi connectivity index (χ1v) is 7.21. The molecular weight excluding hydrogens is 320 g/mol. The Kier molecular flexibility index (Phi) is 5.24. The van der Waals surface area contributed by atoms with Gasteiger partial charge in [-0.05, 0) is 17.7 Å². The number of carbonyl (C=O) groups is 2. The van der Waals surface area contributed by atoms with Crippen molar-refractivity contribution in [3.05, 3.63) is 35.4 Å². The Hall–Kier alpha value is -2.82. The molecular formula is C16H15F2N3O3. The van der Waals surface area contributed by atoms with E-state index in [1.165, 1.54) is 0 Å². The summed E-state index contributed by atoms with van der Waals surface area (Å²) in [5, 5.41) is 19.2. The lowest BCUT2D eigenvalue weighted by atomic mass is 10.0. The number of hydrogen-bond donors (Lipinski definition) is 2. The molecule has 1 amide bonds. The summed E-state index contributed by atoms with van der Waals surface area (Å²) in [5.74, 6) is -1.74. The zero-order chi connectivity index (χ0) is 17.7. The van der Waals surface area contributed by atoms with Gasteiger partial charge < -0.3 is 10.4 Å². The average molecular weight is 335 g/mol. The fraction of sp³-hybridized carbons (Fsp3) is 0.375. The number of rotatable bonds is 8. The van der Waals surface area contributed by atoms with E-state index in [1.807, 2.05) is 0 Å². The molecule has 0 saturated heterocycles. The molecule has 24 heavy (non-hydrogen) atoms. The van der Waals surface area contributed by atoms with Gasteiger partial charge in [-0.1, -0.05) is 6.07 Å². The quantitative estimate of drug-likeness (QED) is 0.715. The summed E-state index contributed by atoms with van der Waals surface area (Å²) in [7, 11) is 0. The van der Waals surface area contributed by atoms with Gasteiger partial charge in [0.25, 0.3) is 0 Å². The third-order valence-corrected chi connectivity index (χ3v) is 3.63. The van der Waals surface area contributed by atoms with Gasteiger partial charge in [0.15, 0.2) is 23.3 Å². The first-order valence-electron chi connectivity index (χ1n) is 7.21. The maximum Gasteiger partial charge on any atom is 0.330 e. The Balaban J connectivity index is 1.95. The van der Waals surface area contributed by atoms with Crippen molar-refractivity contribution in [3.8, 4) is 12.3 Å². The van der Waals surface area contributed by atoms with Crippen molar-refractivity contribution < 1.29 is 23.5 Å². The predicted octanol–water partition coefficient (Wildman–Crippen LogP) is 2.56. The number of carbonyl (C=O) groups excluding carboxylic acids is 1. The van der Waals surface area contributed by atoms with Crippen molar-refractivity contribution in [1.29, 1.82) is 0 Å². The van der Waals surface area contributed by atoms with Crippen LogP contribution >= 0.6 is 0 Å². The summed E-state index contributed by atoms with van der Waals surface area (Å²) >= 11 is 0. The molecule has 1 aliphatic heterocycles. The average Bonchev–Trinajstić information content (AvgIpc) is 3.32. The van der Waals surface area contributed by atoms with Crippen molar-refractivity contribution in [1.82, 2.24) is 5.32 Å².